The van der Waals surface area contributed by atoms with E-state index in [2.05, 4.69) is 0 Å². The van der Waals surface area contributed by atoms with Gasteiger partial charge in [0.1, 0.15) is 0 Å². The molecule has 0 saturated heterocycles. The summed E-state index contributed by atoms with van der Waals surface area (Å²) in [6.07, 6.45) is -0.494. The summed E-state index contributed by atoms with van der Waals surface area (Å²) >= 11 is 0. The Labute approximate surface area is 115 Å². The van der Waals surface area contributed by atoms with Crippen molar-refractivity contribution in [3.05, 3.63) is 0 Å². The second kappa shape index (κ2) is 9.48. The van der Waals surface area contributed by atoms with Crippen LogP contribution >= 0.6 is 7.60 Å². The van der Waals surface area contributed by atoms with Gasteiger partial charge in [-0.05, 0) is 27.2 Å². The van der Waals surface area contributed by atoms with Gasteiger partial charge in [0.05, 0.1) is 25.5 Å². The molecule has 0 radical (unpaired) electrons. The van der Waals surface area contributed by atoms with Crippen molar-refractivity contribution < 1.29 is 28.3 Å². The number of hydrogen-bond donors (Lipinski definition) is 1. The topological polar surface area (TPSA) is 82.1 Å². The number of aliphatic hydroxyl groups is 1. The van der Waals surface area contributed by atoms with Crippen molar-refractivity contribution in [2.75, 3.05) is 19.8 Å². The summed E-state index contributed by atoms with van der Waals surface area (Å²) in [5, 5.41) is 10.0. The van der Waals surface area contributed by atoms with Gasteiger partial charge >= 0.3 is 13.6 Å². The van der Waals surface area contributed by atoms with Gasteiger partial charge in [-0.15, -0.1) is 0 Å². The number of carbonyl (C=O) groups is 1. The number of hydrogen-bond acceptors (Lipinski definition) is 6. The first-order valence-electron chi connectivity index (χ1n) is 6.70. The molecular weight excluding hydrogens is 271 g/mol. The van der Waals surface area contributed by atoms with Gasteiger partial charge in [-0.25, -0.2) is 4.79 Å². The van der Waals surface area contributed by atoms with Gasteiger partial charge in [0, 0.05) is 0 Å². The van der Waals surface area contributed by atoms with E-state index >= 15 is 0 Å². The maximum absolute atomic E-state index is 12.6. The third kappa shape index (κ3) is 5.61. The van der Waals surface area contributed by atoms with E-state index in [1.54, 1.807) is 20.8 Å². The summed E-state index contributed by atoms with van der Waals surface area (Å²) in [6, 6.07) is 0. The zero-order chi connectivity index (χ0) is 14.9. The number of ether oxygens (including phenoxy) is 1. The molecule has 0 aliphatic carbocycles. The summed E-state index contributed by atoms with van der Waals surface area (Å²) < 4.78 is 27.8. The molecule has 0 aliphatic rings. The first kappa shape index (κ1) is 18.6. The highest BCUT2D eigenvalue weighted by atomic mass is 31.2. The Hall–Kier alpha value is -0.420. The van der Waals surface area contributed by atoms with E-state index in [1.807, 2.05) is 6.92 Å². The Bertz CT molecular complexity index is 297. The number of aliphatic hydroxyl groups excluding tert-OH is 1. The van der Waals surface area contributed by atoms with E-state index in [9.17, 15) is 14.5 Å². The van der Waals surface area contributed by atoms with Crippen LogP contribution in [0.15, 0.2) is 0 Å². The molecule has 0 aliphatic heterocycles. The molecular formula is C12H25O6P. The van der Waals surface area contributed by atoms with Crippen LogP contribution in [0.1, 0.15) is 40.5 Å². The molecule has 0 heterocycles. The standard InChI is InChI=1S/C12H25O6P/c1-5-9-10(11(13)12(14)16-6-2)19(15,17-7-3)18-8-4/h10-11,13H,5-9H2,1-4H3/t10-,11+/m1/s1. The molecule has 1 N–H and O–H groups in total. The molecule has 2 atom stereocenters. The molecule has 19 heavy (non-hydrogen) atoms. The van der Waals surface area contributed by atoms with Crippen molar-refractivity contribution in [3.8, 4) is 0 Å². The predicted octanol–water partition coefficient (Wildman–Crippen LogP) is 2.35. The van der Waals surface area contributed by atoms with E-state index < -0.39 is 25.3 Å². The van der Waals surface area contributed by atoms with Crippen LogP contribution in [0.5, 0.6) is 0 Å². The van der Waals surface area contributed by atoms with Gasteiger partial charge in [-0.3, -0.25) is 4.57 Å². The highest BCUT2D eigenvalue weighted by molar-refractivity contribution is 7.54. The molecule has 114 valence electrons. The van der Waals surface area contributed by atoms with Crippen LogP contribution < -0.4 is 0 Å². The van der Waals surface area contributed by atoms with Gasteiger partial charge in [-0.2, -0.15) is 0 Å². The van der Waals surface area contributed by atoms with Crippen LogP contribution in [-0.4, -0.2) is 42.7 Å². The monoisotopic (exact) mass is 296 g/mol. The van der Waals surface area contributed by atoms with Gasteiger partial charge < -0.3 is 18.9 Å². The zero-order valence-corrected chi connectivity index (χ0v) is 13.0. The Morgan fingerprint density at radius 3 is 2.00 bits per heavy atom. The normalized spacial score (nSPS) is 15.0. The molecule has 0 aromatic carbocycles. The fraction of sp³-hybridized carbons (Fsp3) is 0.917. The first-order chi connectivity index (χ1) is 8.96. The lowest BCUT2D eigenvalue weighted by atomic mass is 10.1. The molecule has 6 nitrogen and oxygen atoms in total. The van der Waals surface area contributed by atoms with Gasteiger partial charge in [0.2, 0.25) is 0 Å². The largest absolute Gasteiger partial charge is 0.464 e. The van der Waals surface area contributed by atoms with E-state index in [0.29, 0.717) is 12.8 Å². The lowest BCUT2D eigenvalue weighted by Gasteiger charge is -2.28. The van der Waals surface area contributed by atoms with Crippen LogP contribution in [0.4, 0.5) is 0 Å². The molecule has 0 saturated carbocycles. The van der Waals surface area contributed by atoms with Crippen LogP contribution in [-0.2, 0) is 23.1 Å². The fourth-order valence-corrected chi connectivity index (χ4v) is 3.98. The Balaban J connectivity index is 5.12. The quantitative estimate of drug-likeness (QED) is 0.492. The minimum atomic E-state index is -3.53. The maximum atomic E-state index is 12.6. The summed E-state index contributed by atoms with van der Waals surface area (Å²) in [5.41, 5.74) is -0.892. The van der Waals surface area contributed by atoms with Crippen LogP contribution in [0.25, 0.3) is 0 Å². The average Bonchev–Trinajstić information content (AvgIpc) is 2.36. The maximum Gasteiger partial charge on any atom is 0.336 e. The minimum Gasteiger partial charge on any atom is -0.464 e. The number of rotatable bonds is 10. The van der Waals surface area contributed by atoms with Crippen LogP contribution in [0.3, 0.4) is 0 Å². The van der Waals surface area contributed by atoms with Crippen LogP contribution in [0, 0.1) is 0 Å². The van der Waals surface area contributed by atoms with E-state index in [1.165, 1.54) is 0 Å². The number of carbonyl (C=O) groups excluding carboxylic acids is 1. The minimum absolute atomic E-state index is 0.155. The third-order valence-corrected chi connectivity index (χ3v) is 5.09. The van der Waals surface area contributed by atoms with Crippen molar-refractivity contribution in [1.82, 2.24) is 0 Å². The average molecular weight is 296 g/mol. The summed E-state index contributed by atoms with van der Waals surface area (Å²) in [7, 11) is -3.53. The molecule has 0 bridgehead atoms. The summed E-state index contributed by atoms with van der Waals surface area (Å²) in [4.78, 5) is 11.6. The smallest absolute Gasteiger partial charge is 0.336 e. The SMILES string of the molecule is CCC[C@H]([C@H](O)C(=O)OCC)P(=O)(OCC)OCC. The van der Waals surface area contributed by atoms with E-state index in [-0.39, 0.29) is 19.8 Å². The first-order valence-corrected chi connectivity index (χ1v) is 8.31. The lowest BCUT2D eigenvalue weighted by molar-refractivity contribution is -0.153. The second-order valence-electron chi connectivity index (χ2n) is 3.93. The molecule has 0 unspecified atom stereocenters. The van der Waals surface area contributed by atoms with Crippen LogP contribution in [0.2, 0.25) is 0 Å². The van der Waals surface area contributed by atoms with Gasteiger partial charge in [-0.1, -0.05) is 13.3 Å². The molecule has 0 aromatic rings. The molecule has 0 fully saturated rings. The summed E-state index contributed by atoms with van der Waals surface area (Å²) in [6.45, 7) is 7.41. The fourth-order valence-electron chi connectivity index (χ4n) is 1.76. The van der Waals surface area contributed by atoms with Crippen molar-refractivity contribution in [2.45, 2.75) is 52.3 Å². The van der Waals surface area contributed by atoms with E-state index in [0.717, 1.165) is 0 Å². The molecule has 0 rings (SSSR count). The van der Waals surface area contributed by atoms with Crippen molar-refractivity contribution >= 4 is 13.6 Å². The predicted molar refractivity (Wildman–Crippen MR) is 72.2 cm³/mol. The second-order valence-corrected chi connectivity index (χ2v) is 6.19. The third-order valence-electron chi connectivity index (χ3n) is 2.50. The molecule has 0 amide bonds. The molecule has 0 spiro atoms. The van der Waals surface area contributed by atoms with Crippen molar-refractivity contribution in [1.29, 1.82) is 0 Å². The molecule has 7 heteroatoms. The Kier molecular flexibility index (Phi) is 9.27. The van der Waals surface area contributed by atoms with Crippen molar-refractivity contribution in [2.24, 2.45) is 0 Å². The highest BCUT2D eigenvalue weighted by Gasteiger charge is 2.43. The van der Waals surface area contributed by atoms with Gasteiger partial charge in [0.15, 0.2) is 6.10 Å². The molecule has 0 aromatic heterocycles. The lowest BCUT2D eigenvalue weighted by Crippen LogP contribution is -2.36. The zero-order valence-electron chi connectivity index (χ0n) is 12.1. The van der Waals surface area contributed by atoms with Crippen molar-refractivity contribution in [3.63, 3.8) is 0 Å². The summed E-state index contributed by atoms with van der Waals surface area (Å²) in [5.74, 6) is -0.791. The number of esters is 1. The Morgan fingerprint density at radius 1 is 1.11 bits per heavy atom. The van der Waals surface area contributed by atoms with Gasteiger partial charge in [0.25, 0.3) is 0 Å². The van der Waals surface area contributed by atoms with E-state index in [4.69, 9.17) is 13.8 Å². The highest BCUT2D eigenvalue weighted by Crippen LogP contribution is 2.55. The Morgan fingerprint density at radius 2 is 1.63 bits per heavy atom.